The Morgan fingerprint density at radius 1 is 1.58 bits per heavy atom. The Bertz CT molecular complexity index is 626. The molecule has 3 N–H and O–H groups in total. The molecule has 0 aliphatic heterocycles. The zero-order valence-electron chi connectivity index (χ0n) is 10.2. The van der Waals surface area contributed by atoms with Gasteiger partial charge in [-0.25, -0.2) is 0 Å². The normalized spacial score (nSPS) is 10.5. The fraction of sp³-hybridized carbons (Fsp3) is 0.167. The molecule has 1 amide bonds. The van der Waals surface area contributed by atoms with E-state index in [1.807, 2.05) is 0 Å². The van der Waals surface area contributed by atoms with E-state index in [9.17, 15) is 4.79 Å². The van der Waals surface area contributed by atoms with E-state index < -0.39 is 0 Å². The van der Waals surface area contributed by atoms with E-state index in [0.717, 1.165) is 10.0 Å². The Balaban J connectivity index is 2.05. The van der Waals surface area contributed by atoms with Crippen LogP contribution in [0, 0.1) is 0 Å². The average Bonchev–Trinajstić information content (AvgIpc) is 2.70. The molecule has 7 heteroatoms. The number of aromatic nitrogens is 2. The first-order valence-electron chi connectivity index (χ1n) is 5.48. The molecule has 0 saturated carbocycles. The molecule has 0 fully saturated rings. The summed E-state index contributed by atoms with van der Waals surface area (Å²) < 4.78 is 2.31. The third kappa shape index (κ3) is 3.08. The van der Waals surface area contributed by atoms with Crippen molar-refractivity contribution in [2.24, 2.45) is 7.05 Å². The lowest BCUT2D eigenvalue weighted by Gasteiger charge is -2.06. The van der Waals surface area contributed by atoms with E-state index in [-0.39, 0.29) is 5.91 Å². The van der Waals surface area contributed by atoms with Crippen molar-refractivity contribution in [3.05, 3.63) is 45.0 Å². The van der Waals surface area contributed by atoms with Crippen LogP contribution in [-0.2, 0) is 13.6 Å². The van der Waals surface area contributed by atoms with E-state index in [1.54, 1.807) is 36.1 Å². The molecule has 2 aromatic rings. The van der Waals surface area contributed by atoms with Crippen LogP contribution in [0.5, 0.6) is 0 Å². The number of carbonyl (C=O) groups excluding carboxylic acids is 1. The molecule has 1 aromatic heterocycles. The van der Waals surface area contributed by atoms with Crippen LogP contribution in [0.15, 0.2) is 28.9 Å². The number of hydrogen-bond acceptors (Lipinski definition) is 3. The molecule has 0 aliphatic carbocycles. The highest BCUT2D eigenvalue weighted by atomic mass is 79.9. The van der Waals surface area contributed by atoms with E-state index in [2.05, 4.69) is 26.3 Å². The smallest absolute Gasteiger partial charge is 0.251 e. The van der Waals surface area contributed by atoms with Crippen LogP contribution in [0.2, 0.25) is 5.02 Å². The van der Waals surface area contributed by atoms with Crippen LogP contribution in [-0.4, -0.2) is 15.7 Å². The lowest BCUT2D eigenvalue weighted by Crippen LogP contribution is -2.23. The quantitative estimate of drug-likeness (QED) is 0.898. The van der Waals surface area contributed by atoms with Gasteiger partial charge in [-0.1, -0.05) is 11.6 Å². The van der Waals surface area contributed by atoms with Crippen LogP contribution in [0.4, 0.5) is 5.82 Å². The van der Waals surface area contributed by atoms with Crippen molar-refractivity contribution in [2.45, 2.75) is 6.54 Å². The number of carbonyl (C=O) groups is 1. The molecule has 0 aliphatic rings. The second kappa shape index (κ2) is 5.63. The maximum Gasteiger partial charge on any atom is 0.251 e. The van der Waals surface area contributed by atoms with Gasteiger partial charge in [0.25, 0.3) is 5.91 Å². The molecule has 5 nitrogen and oxygen atoms in total. The Kier molecular flexibility index (Phi) is 4.11. The Hall–Kier alpha value is -1.53. The zero-order chi connectivity index (χ0) is 14.0. The number of nitrogens with zero attached hydrogens (tertiary/aromatic N) is 2. The zero-order valence-corrected chi connectivity index (χ0v) is 12.5. The molecular weight excluding hydrogens is 332 g/mol. The van der Waals surface area contributed by atoms with Gasteiger partial charge in [0.05, 0.1) is 11.2 Å². The summed E-state index contributed by atoms with van der Waals surface area (Å²) in [7, 11) is 1.75. The van der Waals surface area contributed by atoms with Crippen LogP contribution in [0.1, 0.15) is 15.9 Å². The first-order chi connectivity index (χ1) is 8.99. The van der Waals surface area contributed by atoms with Crippen molar-refractivity contribution in [1.29, 1.82) is 0 Å². The number of anilines is 1. The van der Waals surface area contributed by atoms with Gasteiger partial charge in [0, 0.05) is 29.2 Å². The van der Waals surface area contributed by atoms with Crippen molar-refractivity contribution < 1.29 is 4.79 Å². The maximum absolute atomic E-state index is 11.9. The number of rotatable bonds is 3. The highest BCUT2D eigenvalue weighted by Crippen LogP contribution is 2.23. The Morgan fingerprint density at radius 2 is 2.32 bits per heavy atom. The molecule has 0 radical (unpaired) electrons. The summed E-state index contributed by atoms with van der Waals surface area (Å²) in [5.41, 5.74) is 7.07. The number of hydrogen-bond donors (Lipinski definition) is 2. The minimum atomic E-state index is -0.211. The van der Waals surface area contributed by atoms with Gasteiger partial charge < -0.3 is 11.1 Å². The Morgan fingerprint density at radius 3 is 2.89 bits per heavy atom. The fourth-order valence-electron chi connectivity index (χ4n) is 1.54. The first-order valence-corrected chi connectivity index (χ1v) is 6.65. The lowest BCUT2D eigenvalue weighted by molar-refractivity contribution is 0.0951. The SMILES string of the molecule is Cn1ncc(CNC(=O)c2ccc(Br)c(Cl)c2)c1N. The van der Waals surface area contributed by atoms with Crippen molar-refractivity contribution in [3.8, 4) is 0 Å². The molecule has 0 bridgehead atoms. The molecule has 19 heavy (non-hydrogen) atoms. The third-order valence-corrected chi connectivity index (χ3v) is 3.92. The summed E-state index contributed by atoms with van der Waals surface area (Å²) in [6.07, 6.45) is 1.63. The summed E-state index contributed by atoms with van der Waals surface area (Å²) in [4.78, 5) is 11.9. The van der Waals surface area contributed by atoms with Gasteiger partial charge >= 0.3 is 0 Å². The van der Waals surface area contributed by atoms with Crippen molar-refractivity contribution >= 4 is 39.3 Å². The van der Waals surface area contributed by atoms with E-state index in [4.69, 9.17) is 17.3 Å². The van der Waals surface area contributed by atoms with Crippen LogP contribution < -0.4 is 11.1 Å². The fourth-order valence-corrected chi connectivity index (χ4v) is 1.97. The lowest BCUT2D eigenvalue weighted by atomic mass is 10.2. The van der Waals surface area contributed by atoms with Crippen LogP contribution in [0.25, 0.3) is 0 Å². The van der Waals surface area contributed by atoms with Gasteiger partial charge in [0.1, 0.15) is 5.82 Å². The third-order valence-electron chi connectivity index (χ3n) is 2.69. The largest absolute Gasteiger partial charge is 0.384 e. The van der Waals surface area contributed by atoms with E-state index in [0.29, 0.717) is 22.9 Å². The van der Waals surface area contributed by atoms with Gasteiger partial charge in [0.2, 0.25) is 0 Å². The summed E-state index contributed by atoms with van der Waals surface area (Å²) in [6, 6.07) is 5.03. The van der Waals surface area contributed by atoms with E-state index in [1.165, 1.54) is 0 Å². The highest BCUT2D eigenvalue weighted by Gasteiger charge is 2.10. The van der Waals surface area contributed by atoms with Crippen molar-refractivity contribution in [3.63, 3.8) is 0 Å². The minimum absolute atomic E-state index is 0.211. The van der Waals surface area contributed by atoms with Crippen LogP contribution >= 0.6 is 27.5 Å². The number of nitrogen functional groups attached to an aromatic ring is 1. The topological polar surface area (TPSA) is 72.9 Å². The summed E-state index contributed by atoms with van der Waals surface area (Å²) in [5, 5.41) is 7.27. The predicted molar refractivity (Wildman–Crippen MR) is 77.9 cm³/mol. The average molecular weight is 344 g/mol. The van der Waals surface area contributed by atoms with Gasteiger partial charge in [-0.15, -0.1) is 0 Å². The molecular formula is C12H12BrClN4O. The number of aryl methyl sites for hydroxylation is 1. The first kappa shape index (κ1) is 13.9. The number of halogens is 2. The monoisotopic (exact) mass is 342 g/mol. The number of nitrogens with one attached hydrogen (secondary N) is 1. The highest BCUT2D eigenvalue weighted by molar-refractivity contribution is 9.10. The van der Waals surface area contributed by atoms with Gasteiger partial charge in [0.15, 0.2) is 0 Å². The molecule has 0 atom stereocenters. The maximum atomic E-state index is 11.9. The standard InChI is InChI=1S/C12H12BrClN4O/c1-18-11(15)8(6-17-18)5-16-12(19)7-2-3-9(13)10(14)4-7/h2-4,6H,5,15H2,1H3,(H,16,19). The van der Waals surface area contributed by atoms with E-state index >= 15 is 0 Å². The van der Waals surface area contributed by atoms with Gasteiger partial charge in [-0.3, -0.25) is 9.48 Å². The molecule has 1 heterocycles. The summed E-state index contributed by atoms with van der Waals surface area (Å²) in [6.45, 7) is 0.326. The number of nitrogens with two attached hydrogens (primary N) is 1. The molecule has 0 spiro atoms. The van der Waals surface area contributed by atoms with Gasteiger partial charge in [-0.2, -0.15) is 5.10 Å². The predicted octanol–water partition coefficient (Wildman–Crippen LogP) is 2.35. The molecule has 1 aromatic carbocycles. The van der Waals surface area contributed by atoms with Gasteiger partial charge in [-0.05, 0) is 34.1 Å². The summed E-state index contributed by atoms with van der Waals surface area (Å²) in [5.74, 6) is 0.326. The second-order valence-corrected chi connectivity index (χ2v) is 5.25. The van der Waals surface area contributed by atoms with Crippen LogP contribution in [0.3, 0.4) is 0 Å². The second-order valence-electron chi connectivity index (χ2n) is 3.99. The molecule has 0 unspecified atom stereocenters. The Labute approximate surface area is 123 Å². The minimum Gasteiger partial charge on any atom is -0.384 e. The number of amides is 1. The molecule has 100 valence electrons. The summed E-state index contributed by atoms with van der Waals surface area (Å²) >= 11 is 9.22. The molecule has 0 saturated heterocycles. The van der Waals surface area contributed by atoms with Crippen molar-refractivity contribution in [1.82, 2.24) is 15.1 Å². The van der Waals surface area contributed by atoms with Crippen molar-refractivity contribution in [2.75, 3.05) is 5.73 Å². The number of benzene rings is 1. The molecule has 2 rings (SSSR count).